The zero-order valence-corrected chi connectivity index (χ0v) is 10.7. The van der Waals surface area contributed by atoms with E-state index >= 15 is 0 Å². The van der Waals surface area contributed by atoms with Crippen LogP contribution in [0.1, 0.15) is 5.69 Å². The number of nitro groups is 1. The molecule has 21 heavy (non-hydrogen) atoms. The van der Waals surface area contributed by atoms with Crippen molar-refractivity contribution in [3.05, 3.63) is 45.6 Å². The van der Waals surface area contributed by atoms with E-state index in [0.29, 0.717) is 0 Å². The summed E-state index contributed by atoms with van der Waals surface area (Å²) in [7, 11) is 0. The van der Waals surface area contributed by atoms with Crippen LogP contribution in [0, 0.1) is 28.7 Å². The van der Waals surface area contributed by atoms with Crippen LogP contribution in [-0.4, -0.2) is 14.9 Å². The van der Waals surface area contributed by atoms with Crippen molar-refractivity contribution in [2.45, 2.75) is 6.92 Å². The Kier molecular flexibility index (Phi) is 3.89. The number of benzene rings is 1. The van der Waals surface area contributed by atoms with Gasteiger partial charge in [-0.3, -0.25) is 15.5 Å². The van der Waals surface area contributed by atoms with Gasteiger partial charge in [0.05, 0.1) is 4.92 Å². The first kappa shape index (κ1) is 14.5. The highest BCUT2D eigenvalue weighted by atomic mass is 19.2. The van der Waals surface area contributed by atoms with E-state index in [0.717, 1.165) is 12.1 Å². The van der Waals surface area contributed by atoms with Gasteiger partial charge in [0.1, 0.15) is 5.69 Å². The molecule has 0 amide bonds. The molecule has 0 spiro atoms. The van der Waals surface area contributed by atoms with Crippen LogP contribution in [0.15, 0.2) is 18.2 Å². The van der Waals surface area contributed by atoms with E-state index in [-0.39, 0.29) is 23.1 Å². The van der Waals surface area contributed by atoms with Gasteiger partial charge in [0.25, 0.3) is 0 Å². The lowest BCUT2D eigenvalue weighted by molar-refractivity contribution is -0.385. The van der Waals surface area contributed by atoms with E-state index < -0.39 is 22.2 Å². The summed E-state index contributed by atoms with van der Waals surface area (Å²) in [5, 5.41) is 13.6. The average Bonchev–Trinajstić information content (AvgIpc) is 2.41. The minimum atomic E-state index is -1.09. The Balaban J connectivity index is 2.48. The summed E-state index contributed by atoms with van der Waals surface area (Å²) in [5.74, 6) is 2.81. The molecular formula is C11H10F2N6O2. The van der Waals surface area contributed by atoms with Gasteiger partial charge < -0.3 is 5.32 Å². The molecule has 0 aliphatic carbocycles. The van der Waals surface area contributed by atoms with Crippen molar-refractivity contribution in [2.75, 3.05) is 10.7 Å². The fourth-order valence-electron chi connectivity index (χ4n) is 1.65. The molecule has 0 atom stereocenters. The molecule has 10 heteroatoms. The minimum absolute atomic E-state index is 0.0526. The molecule has 110 valence electrons. The third-order valence-corrected chi connectivity index (χ3v) is 2.55. The van der Waals surface area contributed by atoms with Crippen LogP contribution in [0.4, 0.5) is 31.9 Å². The molecule has 1 aromatic heterocycles. The fraction of sp³-hybridized carbons (Fsp3) is 0.0909. The van der Waals surface area contributed by atoms with Gasteiger partial charge in [-0.05, 0) is 19.1 Å². The summed E-state index contributed by atoms with van der Waals surface area (Å²) >= 11 is 0. The second-order valence-corrected chi connectivity index (χ2v) is 3.99. The maximum atomic E-state index is 13.2. The lowest BCUT2D eigenvalue weighted by Gasteiger charge is -2.09. The second-order valence-electron chi connectivity index (χ2n) is 3.99. The number of rotatable bonds is 4. The molecule has 0 aliphatic rings. The number of hydrogen-bond acceptors (Lipinski definition) is 7. The summed E-state index contributed by atoms with van der Waals surface area (Å²) in [4.78, 5) is 18.0. The molecule has 0 bridgehead atoms. The highest BCUT2D eigenvalue weighted by Gasteiger charge is 2.22. The van der Waals surface area contributed by atoms with Crippen molar-refractivity contribution >= 4 is 23.1 Å². The van der Waals surface area contributed by atoms with Crippen molar-refractivity contribution in [1.29, 1.82) is 0 Å². The smallest absolute Gasteiger partial charge is 0.332 e. The van der Waals surface area contributed by atoms with E-state index in [4.69, 9.17) is 5.84 Å². The minimum Gasteiger partial charge on any atom is -0.334 e. The zero-order chi connectivity index (χ0) is 15.6. The van der Waals surface area contributed by atoms with Crippen molar-refractivity contribution in [1.82, 2.24) is 9.97 Å². The van der Waals surface area contributed by atoms with Gasteiger partial charge in [-0.2, -0.15) is 4.98 Å². The molecule has 0 unspecified atom stereocenters. The second kappa shape index (κ2) is 5.63. The van der Waals surface area contributed by atoms with Crippen molar-refractivity contribution in [2.24, 2.45) is 5.84 Å². The Bertz CT molecular complexity index is 709. The van der Waals surface area contributed by atoms with Gasteiger partial charge in [0, 0.05) is 11.8 Å². The van der Waals surface area contributed by atoms with Gasteiger partial charge >= 0.3 is 5.69 Å². The molecule has 0 aliphatic heterocycles. The Labute approximate surface area is 117 Å². The van der Waals surface area contributed by atoms with E-state index in [1.165, 1.54) is 13.0 Å². The Hall–Kier alpha value is -2.88. The highest BCUT2D eigenvalue weighted by molar-refractivity contribution is 5.68. The van der Waals surface area contributed by atoms with Crippen LogP contribution in [0.2, 0.25) is 0 Å². The molecule has 2 aromatic rings. The number of aromatic nitrogens is 2. The van der Waals surface area contributed by atoms with Crippen LogP contribution < -0.4 is 16.6 Å². The summed E-state index contributed by atoms with van der Waals surface area (Å²) in [6, 6.07) is 2.96. The predicted octanol–water partition coefficient (Wildman–Crippen LogP) is 2.00. The van der Waals surface area contributed by atoms with Crippen LogP contribution >= 0.6 is 0 Å². The monoisotopic (exact) mass is 296 g/mol. The number of hydrazine groups is 1. The third-order valence-electron chi connectivity index (χ3n) is 2.55. The molecular weight excluding hydrogens is 286 g/mol. The first-order valence-corrected chi connectivity index (χ1v) is 5.64. The van der Waals surface area contributed by atoms with Gasteiger partial charge in [0.2, 0.25) is 11.8 Å². The quantitative estimate of drug-likeness (QED) is 0.448. The molecule has 0 fully saturated rings. The van der Waals surface area contributed by atoms with E-state index in [2.05, 4.69) is 20.7 Å². The van der Waals surface area contributed by atoms with Crippen molar-refractivity contribution < 1.29 is 13.7 Å². The van der Waals surface area contributed by atoms with E-state index in [1.807, 2.05) is 0 Å². The number of aryl methyl sites for hydroxylation is 1. The number of anilines is 3. The summed E-state index contributed by atoms with van der Waals surface area (Å²) in [5.41, 5.74) is 1.93. The van der Waals surface area contributed by atoms with Crippen LogP contribution in [0.3, 0.4) is 0 Å². The lowest BCUT2D eigenvalue weighted by atomic mass is 10.3. The van der Waals surface area contributed by atoms with Crippen molar-refractivity contribution in [3.8, 4) is 0 Å². The van der Waals surface area contributed by atoms with Crippen LogP contribution in [-0.2, 0) is 0 Å². The summed E-state index contributed by atoms with van der Waals surface area (Å²) in [6.45, 7) is 1.40. The number of halogens is 2. The van der Waals surface area contributed by atoms with Crippen LogP contribution in [0.5, 0.6) is 0 Å². The molecule has 1 heterocycles. The molecule has 2 rings (SSSR count). The van der Waals surface area contributed by atoms with Gasteiger partial charge in [-0.1, -0.05) is 0 Å². The Morgan fingerprint density at radius 3 is 2.57 bits per heavy atom. The number of nitrogen functional groups attached to an aromatic ring is 1. The Morgan fingerprint density at radius 1 is 1.29 bits per heavy atom. The fourth-order valence-corrected chi connectivity index (χ4v) is 1.65. The number of nitrogens with zero attached hydrogens (tertiary/aromatic N) is 3. The molecule has 0 saturated heterocycles. The third kappa shape index (κ3) is 3.00. The topological polar surface area (TPSA) is 119 Å². The normalized spacial score (nSPS) is 10.3. The SMILES string of the molecule is Cc1nc(NN)nc(Nc2ccc(F)c(F)c2)c1[N+](=O)[O-]. The molecule has 8 nitrogen and oxygen atoms in total. The molecule has 1 aromatic carbocycles. The van der Waals surface area contributed by atoms with Crippen LogP contribution in [0.25, 0.3) is 0 Å². The highest BCUT2D eigenvalue weighted by Crippen LogP contribution is 2.29. The Morgan fingerprint density at radius 2 is 2.00 bits per heavy atom. The van der Waals surface area contributed by atoms with E-state index in [1.54, 1.807) is 0 Å². The molecule has 0 saturated carbocycles. The maximum Gasteiger partial charge on any atom is 0.332 e. The molecule has 0 radical (unpaired) electrons. The predicted molar refractivity (Wildman–Crippen MR) is 70.9 cm³/mol. The number of hydrogen-bond donors (Lipinski definition) is 3. The summed E-state index contributed by atoms with van der Waals surface area (Å²) < 4.78 is 26.0. The average molecular weight is 296 g/mol. The maximum absolute atomic E-state index is 13.2. The first-order chi connectivity index (χ1) is 9.92. The number of nitrogens with two attached hydrogens (primary N) is 1. The first-order valence-electron chi connectivity index (χ1n) is 5.64. The largest absolute Gasteiger partial charge is 0.334 e. The molecule has 4 N–H and O–H groups in total. The van der Waals surface area contributed by atoms with Gasteiger partial charge in [-0.25, -0.2) is 19.6 Å². The number of nitrogens with one attached hydrogen (secondary N) is 2. The standard InChI is InChI=1S/C11H10F2N6O2/c1-5-9(19(20)21)10(17-11(15-5)18-14)16-6-2-3-7(12)8(13)4-6/h2-4H,14H2,1H3,(H2,15,16,17,18). The lowest BCUT2D eigenvalue weighted by Crippen LogP contribution is -2.13. The van der Waals surface area contributed by atoms with Gasteiger partial charge in [-0.15, -0.1) is 0 Å². The van der Waals surface area contributed by atoms with Gasteiger partial charge in [0.15, 0.2) is 11.6 Å². The summed E-state index contributed by atoms with van der Waals surface area (Å²) in [6.07, 6.45) is 0. The van der Waals surface area contributed by atoms with E-state index in [9.17, 15) is 18.9 Å². The zero-order valence-electron chi connectivity index (χ0n) is 10.7. The van der Waals surface area contributed by atoms with Crippen molar-refractivity contribution in [3.63, 3.8) is 0 Å².